The van der Waals surface area contributed by atoms with Gasteiger partial charge in [0.15, 0.2) is 6.10 Å². The fourth-order valence-electron chi connectivity index (χ4n) is 1.26. The van der Waals surface area contributed by atoms with Gasteiger partial charge in [0.05, 0.1) is 9.95 Å². The molecule has 1 amide bonds. The van der Waals surface area contributed by atoms with E-state index in [0.29, 0.717) is 6.54 Å². The maximum atomic E-state index is 11.6. The number of nitro benzene ring substituents is 1. The lowest BCUT2D eigenvalue weighted by atomic mass is 10.3. The van der Waals surface area contributed by atoms with Crippen LogP contribution in [0.25, 0.3) is 0 Å². The van der Waals surface area contributed by atoms with Gasteiger partial charge in [0.2, 0.25) is 0 Å². The molecule has 1 atom stereocenters. The zero-order valence-electron chi connectivity index (χ0n) is 10.3. The fourth-order valence-corrected chi connectivity index (χ4v) is 1.48. The van der Waals surface area contributed by atoms with Crippen molar-refractivity contribution in [3.05, 3.63) is 46.0 Å². The van der Waals surface area contributed by atoms with E-state index in [-0.39, 0.29) is 22.4 Å². The standard InChI is InChI=1S/C12H13ClN2O4/c1-3-6-14-12(16)8(2)19-11-5-4-9(15(17)18)7-10(11)13/h3-5,7-8H,1,6H2,2H3,(H,14,16). The Hall–Kier alpha value is -2.08. The number of amides is 1. The number of nitro groups is 1. The fraction of sp³-hybridized carbons (Fsp3) is 0.250. The molecule has 7 heteroatoms. The van der Waals surface area contributed by atoms with Crippen LogP contribution in [0.15, 0.2) is 30.9 Å². The molecule has 1 N–H and O–H groups in total. The number of carbonyl (C=O) groups excluding carboxylic acids is 1. The highest BCUT2D eigenvalue weighted by Crippen LogP contribution is 2.29. The maximum Gasteiger partial charge on any atom is 0.271 e. The topological polar surface area (TPSA) is 81.5 Å². The number of ether oxygens (including phenoxy) is 1. The Morgan fingerprint density at radius 3 is 2.89 bits per heavy atom. The van der Waals surface area contributed by atoms with E-state index in [1.54, 1.807) is 13.0 Å². The minimum Gasteiger partial charge on any atom is -0.479 e. The molecule has 0 aliphatic carbocycles. The number of benzene rings is 1. The predicted molar refractivity (Wildman–Crippen MR) is 71.4 cm³/mol. The SMILES string of the molecule is C=CCNC(=O)C(C)Oc1ccc([N+](=O)[O-])cc1Cl. The quantitative estimate of drug-likeness (QED) is 0.494. The molecule has 0 spiro atoms. The number of rotatable bonds is 6. The zero-order valence-corrected chi connectivity index (χ0v) is 11.0. The number of hydrogen-bond acceptors (Lipinski definition) is 4. The second-order valence-electron chi connectivity index (χ2n) is 3.67. The lowest BCUT2D eigenvalue weighted by Gasteiger charge is -2.14. The number of carbonyl (C=O) groups is 1. The first-order chi connectivity index (χ1) is 8.95. The summed E-state index contributed by atoms with van der Waals surface area (Å²) in [5.41, 5.74) is -0.138. The first kappa shape index (κ1) is 15.0. The van der Waals surface area contributed by atoms with E-state index in [4.69, 9.17) is 16.3 Å². The zero-order chi connectivity index (χ0) is 14.4. The number of hydrogen-bond donors (Lipinski definition) is 1. The van der Waals surface area contributed by atoms with Crippen LogP contribution in [-0.2, 0) is 4.79 Å². The normalized spacial score (nSPS) is 11.5. The van der Waals surface area contributed by atoms with Crippen LogP contribution in [0.2, 0.25) is 5.02 Å². The van der Waals surface area contributed by atoms with Gasteiger partial charge in [0.1, 0.15) is 5.75 Å². The molecular weight excluding hydrogens is 272 g/mol. The van der Waals surface area contributed by atoms with Crippen LogP contribution in [0.5, 0.6) is 5.75 Å². The van der Waals surface area contributed by atoms with Gasteiger partial charge in [-0.15, -0.1) is 6.58 Å². The molecule has 6 nitrogen and oxygen atoms in total. The van der Waals surface area contributed by atoms with Crippen LogP contribution in [0.3, 0.4) is 0 Å². The minimum atomic E-state index is -0.765. The first-order valence-corrected chi connectivity index (χ1v) is 5.82. The van der Waals surface area contributed by atoms with Crippen LogP contribution in [0, 0.1) is 10.1 Å². The molecule has 0 saturated carbocycles. The Balaban J connectivity index is 2.74. The average Bonchev–Trinajstić information content (AvgIpc) is 2.37. The molecule has 19 heavy (non-hydrogen) atoms. The second-order valence-corrected chi connectivity index (χ2v) is 4.07. The van der Waals surface area contributed by atoms with Crippen LogP contribution in [0.1, 0.15) is 6.92 Å². The third kappa shape index (κ3) is 4.26. The van der Waals surface area contributed by atoms with Crippen molar-refractivity contribution in [2.75, 3.05) is 6.54 Å². The van der Waals surface area contributed by atoms with Crippen molar-refractivity contribution in [3.8, 4) is 5.75 Å². The molecule has 0 fully saturated rings. The summed E-state index contributed by atoms with van der Waals surface area (Å²) < 4.78 is 5.34. The second kappa shape index (κ2) is 6.75. The Morgan fingerprint density at radius 1 is 1.68 bits per heavy atom. The van der Waals surface area contributed by atoms with Crippen LogP contribution < -0.4 is 10.1 Å². The van der Waals surface area contributed by atoms with E-state index in [1.807, 2.05) is 0 Å². The Labute approximate surface area is 115 Å². The van der Waals surface area contributed by atoms with Crippen LogP contribution in [-0.4, -0.2) is 23.5 Å². The molecule has 0 saturated heterocycles. The van der Waals surface area contributed by atoms with Gasteiger partial charge >= 0.3 is 0 Å². The summed E-state index contributed by atoms with van der Waals surface area (Å²) >= 11 is 5.85. The molecule has 0 heterocycles. The van der Waals surface area contributed by atoms with Crippen molar-refractivity contribution < 1.29 is 14.5 Å². The van der Waals surface area contributed by atoms with E-state index < -0.39 is 11.0 Å². The molecule has 0 aromatic heterocycles. The third-order valence-electron chi connectivity index (χ3n) is 2.22. The van der Waals surface area contributed by atoms with E-state index >= 15 is 0 Å². The molecule has 1 aromatic carbocycles. The summed E-state index contributed by atoms with van der Waals surface area (Å²) in [7, 11) is 0. The van der Waals surface area contributed by atoms with Crippen molar-refractivity contribution in [1.82, 2.24) is 5.32 Å². The van der Waals surface area contributed by atoms with Crippen molar-refractivity contribution in [2.24, 2.45) is 0 Å². The van der Waals surface area contributed by atoms with Gasteiger partial charge < -0.3 is 10.1 Å². The van der Waals surface area contributed by atoms with Crippen molar-refractivity contribution in [2.45, 2.75) is 13.0 Å². The smallest absolute Gasteiger partial charge is 0.271 e. The van der Waals surface area contributed by atoms with Gasteiger partial charge in [-0.25, -0.2) is 0 Å². The van der Waals surface area contributed by atoms with Gasteiger partial charge in [-0.3, -0.25) is 14.9 Å². The summed E-state index contributed by atoms with van der Waals surface area (Å²) in [5, 5.41) is 13.2. The van der Waals surface area contributed by atoms with Gasteiger partial charge in [-0.1, -0.05) is 17.7 Å². The Morgan fingerprint density at radius 2 is 2.37 bits per heavy atom. The molecule has 0 aliphatic rings. The Kier molecular flexibility index (Phi) is 5.32. The number of halogens is 1. The van der Waals surface area contributed by atoms with Crippen LogP contribution >= 0.6 is 11.6 Å². The summed E-state index contributed by atoms with van der Waals surface area (Å²) in [6.07, 6.45) is 0.780. The summed E-state index contributed by atoms with van der Waals surface area (Å²) in [6, 6.07) is 3.79. The summed E-state index contributed by atoms with van der Waals surface area (Å²) in [4.78, 5) is 21.5. The van der Waals surface area contributed by atoms with Gasteiger partial charge in [0, 0.05) is 18.7 Å². The molecule has 0 bridgehead atoms. The molecular formula is C12H13ClN2O4. The molecule has 0 aliphatic heterocycles. The van der Waals surface area contributed by atoms with Crippen LogP contribution in [0.4, 0.5) is 5.69 Å². The maximum absolute atomic E-state index is 11.6. The number of nitrogens with one attached hydrogen (secondary N) is 1. The van der Waals surface area contributed by atoms with Crippen molar-refractivity contribution in [1.29, 1.82) is 0 Å². The third-order valence-corrected chi connectivity index (χ3v) is 2.52. The minimum absolute atomic E-state index is 0.0811. The molecule has 0 radical (unpaired) electrons. The molecule has 102 valence electrons. The molecule has 1 unspecified atom stereocenters. The Bertz CT molecular complexity index is 505. The highest BCUT2D eigenvalue weighted by Gasteiger charge is 2.17. The summed E-state index contributed by atoms with van der Waals surface area (Å²) in [5.74, 6) is -0.108. The highest BCUT2D eigenvalue weighted by molar-refractivity contribution is 6.32. The van der Waals surface area contributed by atoms with E-state index in [9.17, 15) is 14.9 Å². The van der Waals surface area contributed by atoms with Crippen molar-refractivity contribution >= 4 is 23.2 Å². The number of nitrogens with zero attached hydrogens (tertiary/aromatic N) is 1. The first-order valence-electron chi connectivity index (χ1n) is 5.45. The van der Waals surface area contributed by atoms with Crippen molar-refractivity contribution in [3.63, 3.8) is 0 Å². The molecule has 1 aromatic rings. The predicted octanol–water partition coefficient (Wildman–Crippen LogP) is 2.32. The largest absolute Gasteiger partial charge is 0.479 e. The van der Waals surface area contributed by atoms with E-state index in [2.05, 4.69) is 11.9 Å². The average molecular weight is 285 g/mol. The monoisotopic (exact) mass is 284 g/mol. The lowest BCUT2D eigenvalue weighted by molar-refractivity contribution is -0.384. The van der Waals surface area contributed by atoms with Gasteiger partial charge in [-0.05, 0) is 13.0 Å². The van der Waals surface area contributed by atoms with Gasteiger partial charge in [-0.2, -0.15) is 0 Å². The molecule has 1 rings (SSSR count). The highest BCUT2D eigenvalue weighted by atomic mass is 35.5. The lowest BCUT2D eigenvalue weighted by Crippen LogP contribution is -2.36. The summed E-state index contributed by atoms with van der Waals surface area (Å²) in [6.45, 7) is 5.36. The van der Waals surface area contributed by atoms with E-state index in [0.717, 1.165) is 0 Å². The van der Waals surface area contributed by atoms with E-state index in [1.165, 1.54) is 18.2 Å². The van der Waals surface area contributed by atoms with Gasteiger partial charge in [0.25, 0.3) is 11.6 Å². The number of non-ortho nitro benzene ring substituents is 1.